The first kappa shape index (κ1) is 14.3. The van der Waals surface area contributed by atoms with Crippen LogP contribution in [0.4, 0.5) is 0 Å². The minimum Gasteiger partial charge on any atom is -0.497 e. The maximum Gasteiger partial charge on any atom is 0.118 e. The van der Waals surface area contributed by atoms with Gasteiger partial charge in [0, 0.05) is 6.04 Å². The number of rotatable bonds is 6. The van der Waals surface area contributed by atoms with Crippen molar-refractivity contribution in [1.29, 1.82) is 0 Å². The zero-order valence-corrected chi connectivity index (χ0v) is 11.8. The van der Waals surface area contributed by atoms with Gasteiger partial charge in [-0.1, -0.05) is 12.1 Å². The summed E-state index contributed by atoms with van der Waals surface area (Å²) in [4.78, 5) is 0. The lowest BCUT2D eigenvalue weighted by molar-refractivity contribution is 0.0301. The Hall–Kier alpha value is -1.10. The molecule has 1 fully saturated rings. The van der Waals surface area contributed by atoms with Gasteiger partial charge in [0.1, 0.15) is 5.75 Å². The fourth-order valence-corrected chi connectivity index (χ4v) is 2.62. The molecule has 3 unspecified atom stereocenters. The van der Waals surface area contributed by atoms with Crippen molar-refractivity contribution in [3.8, 4) is 5.75 Å². The number of nitrogens with one attached hydrogen (secondary N) is 1. The van der Waals surface area contributed by atoms with Gasteiger partial charge in [-0.05, 0) is 50.3 Å². The second-order valence-corrected chi connectivity index (χ2v) is 5.22. The Labute approximate surface area is 115 Å². The minimum atomic E-state index is 0.229. The van der Waals surface area contributed by atoms with E-state index >= 15 is 0 Å². The standard InChI is InChI=1S/C15H24N2O2/c1-11-3-10-15(19-11)14(17-16)9-6-12-4-7-13(18-2)8-5-12/h4-5,7-8,11,14-15,17H,3,6,9-10,16H2,1-2H3. The topological polar surface area (TPSA) is 56.5 Å². The molecule has 3 N–H and O–H groups in total. The Balaban J connectivity index is 1.85. The summed E-state index contributed by atoms with van der Waals surface area (Å²) in [6.07, 6.45) is 4.82. The van der Waals surface area contributed by atoms with Gasteiger partial charge in [0.2, 0.25) is 0 Å². The van der Waals surface area contributed by atoms with Gasteiger partial charge in [-0.3, -0.25) is 11.3 Å². The molecule has 1 aromatic carbocycles. The van der Waals surface area contributed by atoms with Crippen molar-refractivity contribution in [3.05, 3.63) is 29.8 Å². The highest BCUT2D eigenvalue weighted by Gasteiger charge is 2.28. The molecule has 2 rings (SSSR count). The van der Waals surface area contributed by atoms with Crippen molar-refractivity contribution >= 4 is 0 Å². The minimum absolute atomic E-state index is 0.229. The molecule has 19 heavy (non-hydrogen) atoms. The Morgan fingerprint density at radius 3 is 2.63 bits per heavy atom. The molecule has 1 saturated heterocycles. The van der Waals surface area contributed by atoms with Gasteiger partial charge >= 0.3 is 0 Å². The molecule has 4 nitrogen and oxygen atoms in total. The van der Waals surface area contributed by atoms with Crippen LogP contribution < -0.4 is 16.0 Å². The summed E-state index contributed by atoms with van der Waals surface area (Å²) in [6.45, 7) is 2.12. The van der Waals surface area contributed by atoms with E-state index in [-0.39, 0.29) is 12.1 Å². The van der Waals surface area contributed by atoms with Gasteiger partial charge in [0.05, 0.1) is 19.3 Å². The van der Waals surface area contributed by atoms with Gasteiger partial charge < -0.3 is 9.47 Å². The van der Waals surface area contributed by atoms with Crippen LogP contribution in [0.5, 0.6) is 5.75 Å². The number of hydrogen-bond donors (Lipinski definition) is 2. The Morgan fingerprint density at radius 2 is 2.11 bits per heavy atom. The predicted octanol–water partition coefficient (Wildman–Crippen LogP) is 2.03. The van der Waals surface area contributed by atoms with E-state index in [1.54, 1.807) is 7.11 Å². The van der Waals surface area contributed by atoms with Crippen LogP contribution in [0.3, 0.4) is 0 Å². The summed E-state index contributed by atoms with van der Waals surface area (Å²) >= 11 is 0. The molecule has 0 amide bonds. The lowest BCUT2D eigenvalue weighted by Gasteiger charge is -2.22. The summed E-state index contributed by atoms with van der Waals surface area (Å²) < 4.78 is 11.0. The number of methoxy groups -OCH3 is 1. The van der Waals surface area contributed by atoms with Crippen LogP contribution >= 0.6 is 0 Å². The van der Waals surface area contributed by atoms with Crippen molar-refractivity contribution < 1.29 is 9.47 Å². The van der Waals surface area contributed by atoms with Crippen LogP contribution in [0.2, 0.25) is 0 Å². The predicted molar refractivity (Wildman–Crippen MR) is 76.0 cm³/mol. The fourth-order valence-electron chi connectivity index (χ4n) is 2.62. The number of ether oxygens (including phenoxy) is 2. The molecule has 0 aromatic heterocycles. The molecule has 1 aromatic rings. The molecule has 1 aliphatic rings. The quantitative estimate of drug-likeness (QED) is 0.610. The monoisotopic (exact) mass is 264 g/mol. The summed E-state index contributed by atoms with van der Waals surface area (Å²) in [6, 6.07) is 8.42. The molecule has 0 spiro atoms. The maximum absolute atomic E-state index is 5.88. The molecular formula is C15H24N2O2. The maximum atomic E-state index is 5.88. The van der Waals surface area contributed by atoms with Crippen molar-refractivity contribution in [2.24, 2.45) is 5.84 Å². The molecule has 1 aliphatic heterocycles. The first-order valence-electron chi connectivity index (χ1n) is 6.97. The van der Waals surface area contributed by atoms with E-state index in [1.807, 2.05) is 12.1 Å². The largest absolute Gasteiger partial charge is 0.497 e. The van der Waals surface area contributed by atoms with Crippen molar-refractivity contribution in [1.82, 2.24) is 5.43 Å². The molecule has 1 heterocycles. The third-order valence-corrected chi connectivity index (χ3v) is 3.83. The van der Waals surface area contributed by atoms with Crippen molar-refractivity contribution in [2.75, 3.05) is 7.11 Å². The van der Waals surface area contributed by atoms with E-state index in [0.717, 1.165) is 31.4 Å². The summed E-state index contributed by atoms with van der Waals surface area (Å²) in [5.74, 6) is 6.55. The second-order valence-electron chi connectivity index (χ2n) is 5.22. The highest BCUT2D eigenvalue weighted by atomic mass is 16.5. The molecule has 0 saturated carbocycles. The van der Waals surface area contributed by atoms with Crippen molar-refractivity contribution in [3.63, 3.8) is 0 Å². The molecular weight excluding hydrogens is 240 g/mol. The lowest BCUT2D eigenvalue weighted by atomic mass is 10.00. The van der Waals surface area contributed by atoms with Gasteiger partial charge in [-0.2, -0.15) is 0 Å². The fraction of sp³-hybridized carbons (Fsp3) is 0.600. The number of hydrogen-bond acceptors (Lipinski definition) is 4. The zero-order chi connectivity index (χ0) is 13.7. The average molecular weight is 264 g/mol. The third kappa shape index (κ3) is 3.93. The number of hydrazine groups is 1. The van der Waals surface area contributed by atoms with Gasteiger partial charge in [-0.15, -0.1) is 0 Å². The molecule has 0 bridgehead atoms. The molecule has 3 atom stereocenters. The Kier molecular flexibility index (Phi) is 5.19. The first-order valence-corrected chi connectivity index (χ1v) is 6.97. The molecule has 106 valence electrons. The Bertz CT molecular complexity index is 380. The van der Waals surface area contributed by atoms with E-state index in [4.69, 9.17) is 15.3 Å². The van der Waals surface area contributed by atoms with Crippen LogP contribution in [0.25, 0.3) is 0 Å². The van der Waals surface area contributed by atoms with Gasteiger partial charge in [0.15, 0.2) is 0 Å². The number of nitrogens with two attached hydrogens (primary N) is 1. The van der Waals surface area contributed by atoms with E-state index in [9.17, 15) is 0 Å². The molecule has 0 radical (unpaired) electrons. The van der Waals surface area contributed by atoms with E-state index < -0.39 is 0 Å². The third-order valence-electron chi connectivity index (χ3n) is 3.83. The van der Waals surface area contributed by atoms with E-state index in [0.29, 0.717) is 6.10 Å². The SMILES string of the molecule is COc1ccc(CCC(NN)C2CCC(C)O2)cc1. The van der Waals surface area contributed by atoms with Crippen LogP contribution in [-0.2, 0) is 11.2 Å². The van der Waals surface area contributed by atoms with Crippen LogP contribution in [0.1, 0.15) is 31.7 Å². The highest BCUT2D eigenvalue weighted by molar-refractivity contribution is 5.27. The summed E-state index contributed by atoms with van der Waals surface area (Å²) in [5, 5.41) is 0. The summed E-state index contributed by atoms with van der Waals surface area (Å²) in [7, 11) is 1.68. The van der Waals surface area contributed by atoms with Gasteiger partial charge in [-0.25, -0.2) is 0 Å². The van der Waals surface area contributed by atoms with Gasteiger partial charge in [0.25, 0.3) is 0 Å². The van der Waals surface area contributed by atoms with Crippen LogP contribution in [0, 0.1) is 0 Å². The second kappa shape index (κ2) is 6.89. The summed E-state index contributed by atoms with van der Waals surface area (Å²) in [5.41, 5.74) is 4.21. The Morgan fingerprint density at radius 1 is 1.37 bits per heavy atom. The number of benzene rings is 1. The van der Waals surface area contributed by atoms with E-state index in [1.165, 1.54) is 5.56 Å². The highest BCUT2D eigenvalue weighted by Crippen LogP contribution is 2.24. The average Bonchev–Trinajstić information content (AvgIpc) is 2.87. The zero-order valence-electron chi connectivity index (χ0n) is 11.8. The van der Waals surface area contributed by atoms with Crippen LogP contribution in [-0.4, -0.2) is 25.4 Å². The van der Waals surface area contributed by atoms with Crippen LogP contribution in [0.15, 0.2) is 24.3 Å². The van der Waals surface area contributed by atoms with Crippen molar-refractivity contribution in [2.45, 2.75) is 50.9 Å². The first-order chi connectivity index (χ1) is 9.22. The molecule has 4 heteroatoms. The molecule has 0 aliphatic carbocycles. The lowest BCUT2D eigenvalue weighted by Crippen LogP contribution is -2.44. The van der Waals surface area contributed by atoms with E-state index in [2.05, 4.69) is 24.5 Å². The number of aryl methyl sites for hydroxylation is 1. The normalized spacial score (nSPS) is 24.4. The smallest absolute Gasteiger partial charge is 0.118 e.